The molecule has 1 rings (SSSR count). The number of amides is 1. The lowest BCUT2D eigenvalue weighted by molar-refractivity contribution is -0.109. The van der Waals surface area contributed by atoms with Gasteiger partial charge in [-0.2, -0.15) is 0 Å². The fraction of sp³-hybridized carbons (Fsp3) is 0.941. The largest absolute Gasteiger partial charge is 0.379 e. The lowest BCUT2D eigenvalue weighted by Crippen LogP contribution is -2.21. The number of rotatable bonds is 10. The van der Waals surface area contributed by atoms with Crippen LogP contribution >= 0.6 is 0 Å². The van der Waals surface area contributed by atoms with Gasteiger partial charge >= 0.3 is 0 Å². The number of hydrogen-bond donors (Lipinski definition) is 2. The van der Waals surface area contributed by atoms with Crippen molar-refractivity contribution in [3.8, 4) is 0 Å². The zero-order chi connectivity index (χ0) is 17.8. The van der Waals surface area contributed by atoms with E-state index < -0.39 is 0 Å². The molecule has 0 aromatic rings. The van der Waals surface area contributed by atoms with Crippen LogP contribution in [0.4, 0.5) is 0 Å². The first kappa shape index (κ1) is 24.6. The molecule has 6 heteroatoms. The fourth-order valence-electron chi connectivity index (χ4n) is 2.17. The number of hydrogen-bond acceptors (Lipinski definition) is 5. The van der Waals surface area contributed by atoms with Crippen molar-refractivity contribution >= 4 is 6.41 Å². The predicted molar refractivity (Wildman–Crippen MR) is 94.0 cm³/mol. The molecule has 1 fully saturated rings. The average molecular weight is 335 g/mol. The number of carbonyl (C=O) groups is 1. The maximum absolute atomic E-state index is 8.94. The summed E-state index contributed by atoms with van der Waals surface area (Å²) in [7, 11) is 0. The Hall–Kier alpha value is -0.690. The molecule has 3 N–H and O–H groups in total. The highest BCUT2D eigenvalue weighted by Crippen LogP contribution is 2.25. The standard InChI is InChI=1S/C14H28O3.C2H6.CH4N2O/c1-3-15-11-12-16-9-4-10-17-14-7-5-13(2)6-8-14;1-2;2-3-1-4/h13-14H,3-12H2,1-2H3;1-2H3;1H,2H2,(H,3,4). The van der Waals surface area contributed by atoms with Crippen molar-refractivity contribution in [2.75, 3.05) is 33.0 Å². The van der Waals surface area contributed by atoms with E-state index in [2.05, 4.69) is 12.8 Å². The Morgan fingerprint density at radius 1 is 1.04 bits per heavy atom. The van der Waals surface area contributed by atoms with Crippen LogP contribution in [0.1, 0.15) is 59.8 Å². The second-order valence-corrected chi connectivity index (χ2v) is 5.20. The molecule has 140 valence electrons. The summed E-state index contributed by atoms with van der Waals surface area (Å²) in [5, 5.41) is 0. The number of nitrogens with one attached hydrogen (secondary N) is 1. The van der Waals surface area contributed by atoms with E-state index >= 15 is 0 Å². The summed E-state index contributed by atoms with van der Waals surface area (Å²) in [5.74, 6) is 5.31. The molecule has 0 atom stereocenters. The van der Waals surface area contributed by atoms with E-state index in [9.17, 15) is 0 Å². The zero-order valence-electron chi connectivity index (χ0n) is 15.5. The topological polar surface area (TPSA) is 82.8 Å². The van der Waals surface area contributed by atoms with Crippen molar-refractivity contribution in [1.82, 2.24) is 5.43 Å². The SMILES string of the molecule is CC.CCOCCOCCCOC1CCC(C)CC1.NNC=O. The van der Waals surface area contributed by atoms with Crippen LogP contribution in [0.15, 0.2) is 0 Å². The third kappa shape index (κ3) is 19.3. The van der Waals surface area contributed by atoms with Crippen LogP contribution in [0.3, 0.4) is 0 Å². The number of nitrogens with two attached hydrogens (primary N) is 1. The maximum atomic E-state index is 8.94. The second-order valence-electron chi connectivity index (χ2n) is 5.20. The summed E-state index contributed by atoms with van der Waals surface area (Å²) in [6.45, 7) is 12.1. The first-order chi connectivity index (χ1) is 11.2. The number of ether oxygens (including phenoxy) is 3. The van der Waals surface area contributed by atoms with E-state index in [-0.39, 0.29) is 0 Å². The average Bonchev–Trinajstić information content (AvgIpc) is 2.61. The minimum absolute atomic E-state index is 0.403. The third-order valence-corrected chi connectivity index (χ3v) is 3.39. The second kappa shape index (κ2) is 21.3. The quantitative estimate of drug-likeness (QED) is 0.211. The first-order valence-corrected chi connectivity index (χ1v) is 8.91. The molecule has 1 aliphatic carbocycles. The fourth-order valence-corrected chi connectivity index (χ4v) is 2.17. The van der Waals surface area contributed by atoms with Crippen molar-refractivity contribution in [1.29, 1.82) is 0 Å². The molecule has 6 nitrogen and oxygen atoms in total. The highest BCUT2D eigenvalue weighted by Gasteiger charge is 2.17. The zero-order valence-corrected chi connectivity index (χ0v) is 15.5. The van der Waals surface area contributed by atoms with Gasteiger partial charge in [-0.1, -0.05) is 20.8 Å². The van der Waals surface area contributed by atoms with Gasteiger partial charge in [-0.05, 0) is 44.9 Å². The summed E-state index contributed by atoms with van der Waals surface area (Å²) in [4.78, 5) is 8.94. The minimum atomic E-state index is 0.403. The van der Waals surface area contributed by atoms with Crippen molar-refractivity contribution in [3.05, 3.63) is 0 Å². The lowest BCUT2D eigenvalue weighted by atomic mass is 9.89. The van der Waals surface area contributed by atoms with Crippen LogP contribution in [0.25, 0.3) is 0 Å². The van der Waals surface area contributed by atoms with Gasteiger partial charge in [0.05, 0.1) is 19.3 Å². The Morgan fingerprint density at radius 3 is 2.13 bits per heavy atom. The third-order valence-electron chi connectivity index (χ3n) is 3.39. The number of hydrazine groups is 1. The van der Waals surface area contributed by atoms with Crippen LogP contribution in [0.2, 0.25) is 0 Å². The summed E-state index contributed by atoms with van der Waals surface area (Å²) >= 11 is 0. The van der Waals surface area contributed by atoms with Gasteiger partial charge in [0.25, 0.3) is 0 Å². The molecule has 0 saturated heterocycles. The van der Waals surface area contributed by atoms with Crippen LogP contribution in [0, 0.1) is 5.92 Å². The predicted octanol–water partition coefficient (Wildman–Crippen LogP) is 2.66. The van der Waals surface area contributed by atoms with Gasteiger partial charge in [0, 0.05) is 19.8 Å². The molecule has 1 amide bonds. The lowest BCUT2D eigenvalue weighted by Gasteiger charge is -2.26. The first-order valence-electron chi connectivity index (χ1n) is 8.91. The molecule has 0 bridgehead atoms. The van der Waals surface area contributed by atoms with Gasteiger partial charge in [0.15, 0.2) is 0 Å². The van der Waals surface area contributed by atoms with E-state index in [1.165, 1.54) is 25.7 Å². The van der Waals surface area contributed by atoms with Crippen molar-refractivity contribution < 1.29 is 19.0 Å². The van der Waals surface area contributed by atoms with Crippen LogP contribution in [-0.2, 0) is 19.0 Å². The van der Waals surface area contributed by atoms with E-state index in [0.717, 1.165) is 32.2 Å². The minimum Gasteiger partial charge on any atom is -0.379 e. The van der Waals surface area contributed by atoms with Crippen LogP contribution in [-0.4, -0.2) is 45.5 Å². The van der Waals surface area contributed by atoms with Crippen molar-refractivity contribution in [2.45, 2.75) is 65.9 Å². The molecule has 0 aromatic heterocycles. The summed E-state index contributed by atoms with van der Waals surface area (Å²) in [6.07, 6.45) is 7.05. The van der Waals surface area contributed by atoms with E-state index in [1.54, 1.807) is 5.43 Å². The molecule has 1 aliphatic rings. The normalized spacial score (nSPS) is 19.7. The van der Waals surface area contributed by atoms with E-state index in [4.69, 9.17) is 19.0 Å². The van der Waals surface area contributed by atoms with Crippen molar-refractivity contribution in [3.63, 3.8) is 0 Å². The Labute approximate surface area is 142 Å². The van der Waals surface area contributed by atoms with Gasteiger partial charge < -0.3 is 14.2 Å². The molecular weight excluding hydrogens is 296 g/mol. The Morgan fingerprint density at radius 2 is 1.61 bits per heavy atom. The van der Waals surface area contributed by atoms with Gasteiger partial charge in [-0.3, -0.25) is 10.2 Å². The van der Waals surface area contributed by atoms with Gasteiger partial charge in [0.1, 0.15) is 0 Å². The molecule has 0 unspecified atom stereocenters. The number of carbonyl (C=O) groups excluding carboxylic acids is 1. The smallest absolute Gasteiger partial charge is 0.221 e. The summed E-state index contributed by atoms with van der Waals surface area (Å²) in [5.41, 5.74) is 1.75. The van der Waals surface area contributed by atoms with Gasteiger partial charge in [-0.15, -0.1) is 0 Å². The summed E-state index contributed by atoms with van der Waals surface area (Å²) < 4.78 is 16.5. The Kier molecular flexibility index (Phi) is 22.8. The van der Waals surface area contributed by atoms with Gasteiger partial charge in [-0.25, -0.2) is 5.84 Å². The molecule has 0 aliphatic heterocycles. The molecule has 0 aromatic carbocycles. The maximum Gasteiger partial charge on any atom is 0.221 e. The van der Waals surface area contributed by atoms with E-state index in [1.807, 2.05) is 20.8 Å². The monoisotopic (exact) mass is 334 g/mol. The van der Waals surface area contributed by atoms with E-state index in [0.29, 0.717) is 25.7 Å². The highest BCUT2D eigenvalue weighted by atomic mass is 16.5. The van der Waals surface area contributed by atoms with Crippen LogP contribution < -0.4 is 11.3 Å². The molecule has 0 spiro atoms. The highest BCUT2D eigenvalue weighted by molar-refractivity contribution is 5.44. The van der Waals surface area contributed by atoms with Gasteiger partial charge in [0.2, 0.25) is 6.41 Å². The molecule has 1 saturated carbocycles. The molecular formula is C17H38N2O4. The molecule has 0 radical (unpaired) electrons. The van der Waals surface area contributed by atoms with Crippen LogP contribution in [0.5, 0.6) is 0 Å². The molecule has 0 heterocycles. The van der Waals surface area contributed by atoms with Crippen molar-refractivity contribution in [2.24, 2.45) is 11.8 Å². The molecule has 23 heavy (non-hydrogen) atoms. The summed E-state index contributed by atoms with van der Waals surface area (Å²) in [6, 6.07) is 0. The Balaban J connectivity index is 0. The Bertz CT molecular complexity index is 223.